The number of hydrogen-bond acceptors (Lipinski definition) is 5. The van der Waals surface area contributed by atoms with E-state index < -0.39 is 0 Å². The highest BCUT2D eigenvalue weighted by Gasteiger charge is 2.19. The highest BCUT2D eigenvalue weighted by atomic mass is 79.9. The maximum absolute atomic E-state index is 13.2. The molecule has 0 bridgehead atoms. The summed E-state index contributed by atoms with van der Waals surface area (Å²) in [6, 6.07) is 23.1. The predicted molar refractivity (Wildman–Crippen MR) is 130 cm³/mol. The van der Waals surface area contributed by atoms with Gasteiger partial charge in [-0.1, -0.05) is 57.6 Å². The summed E-state index contributed by atoms with van der Waals surface area (Å²) in [5, 5.41) is 6.44. The molecular formula is C24H20BrN3O2S. The van der Waals surface area contributed by atoms with Crippen LogP contribution in [0.25, 0.3) is 10.2 Å². The van der Waals surface area contributed by atoms with Gasteiger partial charge >= 0.3 is 0 Å². The number of ether oxygens (including phenoxy) is 1. The molecule has 4 rings (SSSR count). The zero-order valence-electron chi connectivity index (χ0n) is 16.9. The van der Waals surface area contributed by atoms with Crippen LogP contribution in [0.3, 0.4) is 0 Å². The van der Waals surface area contributed by atoms with Gasteiger partial charge in [-0.05, 0) is 60.5 Å². The summed E-state index contributed by atoms with van der Waals surface area (Å²) in [4.78, 5) is 17.8. The number of aromatic nitrogens is 1. The molecule has 4 aromatic rings. The highest BCUT2D eigenvalue weighted by molar-refractivity contribution is 9.10. The third-order valence-corrected chi connectivity index (χ3v) is 5.96. The van der Waals surface area contributed by atoms with E-state index in [9.17, 15) is 4.79 Å². The molecule has 0 atom stereocenters. The van der Waals surface area contributed by atoms with Crippen molar-refractivity contribution in [2.24, 2.45) is 5.10 Å². The fraction of sp³-hybridized carbons (Fsp3) is 0.125. The third kappa shape index (κ3) is 5.37. The lowest BCUT2D eigenvalue weighted by molar-refractivity contribution is -0.118. The zero-order valence-corrected chi connectivity index (χ0v) is 19.3. The number of amides is 1. The van der Waals surface area contributed by atoms with Crippen LogP contribution in [0.15, 0.2) is 82.4 Å². The normalized spacial score (nSPS) is 11.2. The molecule has 31 heavy (non-hydrogen) atoms. The van der Waals surface area contributed by atoms with Crippen molar-refractivity contribution < 1.29 is 9.53 Å². The van der Waals surface area contributed by atoms with Crippen LogP contribution in [0.1, 0.15) is 18.1 Å². The second kappa shape index (κ2) is 9.85. The fourth-order valence-electron chi connectivity index (χ4n) is 2.98. The summed E-state index contributed by atoms with van der Waals surface area (Å²) < 4.78 is 7.43. The molecule has 0 unspecified atom stereocenters. The van der Waals surface area contributed by atoms with Crippen LogP contribution < -0.4 is 9.75 Å². The number of hydrazone groups is 1. The van der Waals surface area contributed by atoms with Gasteiger partial charge < -0.3 is 4.74 Å². The molecule has 1 aromatic heterocycles. The Morgan fingerprint density at radius 2 is 1.90 bits per heavy atom. The minimum atomic E-state index is -0.147. The van der Waals surface area contributed by atoms with Crippen molar-refractivity contribution in [3.63, 3.8) is 0 Å². The molecule has 0 N–H and O–H groups in total. The van der Waals surface area contributed by atoms with E-state index in [2.05, 4.69) is 26.0 Å². The largest absolute Gasteiger partial charge is 0.494 e. The molecule has 7 heteroatoms. The van der Waals surface area contributed by atoms with Crippen molar-refractivity contribution >= 4 is 54.7 Å². The molecular weight excluding hydrogens is 474 g/mol. The second-order valence-electron chi connectivity index (χ2n) is 6.72. The first-order chi connectivity index (χ1) is 15.1. The minimum Gasteiger partial charge on any atom is -0.494 e. The Morgan fingerprint density at radius 3 is 2.65 bits per heavy atom. The van der Waals surface area contributed by atoms with Crippen LogP contribution >= 0.6 is 27.3 Å². The average Bonchev–Trinajstić information content (AvgIpc) is 3.18. The Balaban J connectivity index is 1.64. The van der Waals surface area contributed by atoms with E-state index in [4.69, 9.17) is 4.74 Å². The molecule has 0 aliphatic heterocycles. The summed E-state index contributed by atoms with van der Waals surface area (Å²) in [5.41, 5.74) is 2.62. The maximum Gasteiger partial charge on any atom is 0.253 e. The first-order valence-electron chi connectivity index (χ1n) is 9.82. The zero-order chi connectivity index (χ0) is 21.6. The molecule has 0 saturated carbocycles. The molecule has 1 amide bonds. The van der Waals surface area contributed by atoms with Crippen molar-refractivity contribution in [2.75, 3.05) is 11.6 Å². The predicted octanol–water partition coefficient (Wildman–Crippen LogP) is 6.07. The minimum absolute atomic E-state index is 0.147. The number of nitrogens with zero attached hydrogens (tertiary/aromatic N) is 3. The van der Waals surface area contributed by atoms with Gasteiger partial charge in [0, 0.05) is 4.47 Å². The number of carbonyl (C=O) groups excluding carboxylic acids is 1. The molecule has 0 saturated heterocycles. The second-order valence-corrected chi connectivity index (χ2v) is 8.65. The summed E-state index contributed by atoms with van der Waals surface area (Å²) in [6.45, 7) is 2.56. The summed E-state index contributed by atoms with van der Waals surface area (Å²) in [7, 11) is 0. The average molecular weight is 494 g/mol. The van der Waals surface area contributed by atoms with E-state index in [1.54, 1.807) is 6.21 Å². The molecule has 0 aliphatic carbocycles. The number of benzene rings is 3. The Labute approximate surface area is 193 Å². The van der Waals surface area contributed by atoms with Crippen molar-refractivity contribution in [1.82, 2.24) is 4.98 Å². The molecule has 0 radical (unpaired) electrons. The number of thiazole rings is 1. The monoisotopic (exact) mass is 493 g/mol. The molecule has 3 aromatic carbocycles. The van der Waals surface area contributed by atoms with Crippen molar-refractivity contribution in [2.45, 2.75) is 13.3 Å². The summed E-state index contributed by atoms with van der Waals surface area (Å²) in [5.74, 6) is 0.653. The Kier molecular flexibility index (Phi) is 6.74. The van der Waals surface area contributed by atoms with Crippen LogP contribution in [-0.2, 0) is 11.2 Å². The Morgan fingerprint density at radius 1 is 1.13 bits per heavy atom. The van der Waals surface area contributed by atoms with E-state index in [1.807, 2.05) is 79.7 Å². The van der Waals surface area contributed by atoms with Crippen LogP contribution in [-0.4, -0.2) is 23.7 Å². The van der Waals surface area contributed by atoms with E-state index in [0.717, 1.165) is 31.6 Å². The molecule has 5 nitrogen and oxygen atoms in total. The van der Waals surface area contributed by atoms with Gasteiger partial charge in [0.2, 0.25) is 5.13 Å². The van der Waals surface area contributed by atoms with Crippen LogP contribution in [0, 0.1) is 0 Å². The van der Waals surface area contributed by atoms with Gasteiger partial charge in [0.25, 0.3) is 5.91 Å². The Hall–Kier alpha value is -3.03. The van der Waals surface area contributed by atoms with Crippen LogP contribution in [0.5, 0.6) is 5.75 Å². The lowest BCUT2D eigenvalue weighted by Gasteiger charge is -2.14. The van der Waals surface area contributed by atoms with Gasteiger partial charge in [0.1, 0.15) is 5.75 Å². The maximum atomic E-state index is 13.2. The fourth-order valence-corrected chi connectivity index (χ4v) is 4.48. The third-order valence-electron chi connectivity index (χ3n) is 4.47. The Bertz CT molecular complexity index is 1210. The lowest BCUT2D eigenvalue weighted by atomic mass is 10.1. The summed E-state index contributed by atoms with van der Waals surface area (Å²) in [6.07, 6.45) is 1.90. The molecule has 0 fully saturated rings. The quantitative estimate of drug-likeness (QED) is 0.232. The SMILES string of the molecule is CCOc1ccc(/C=N/N(C(=O)Cc2ccccc2)c2nc3ccc(Br)cc3s2)cc1. The highest BCUT2D eigenvalue weighted by Crippen LogP contribution is 2.31. The number of rotatable bonds is 7. The van der Waals surface area contributed by atoms with Gasteiger partial charge in [-0.3, -0.25) is 4.79 Å². The van der Waals surface area contributed by atoms with Gasteiger partial charge in [0.15, 0.2) is 0 Å². The van der Waals surface area contributed by atoms with Crippen LogP contribution in [0.2, 0.25) is 0 Å². The first-order valence-corrected chi connectivity index (χ1v) is 11.4. The smallest absolute Gasteiger partial charge is 0.253 e. The van der Waals surface area contributed by atoms with E-state index in [-0.39, 0.29) is 12.3 Å². The van der Waals surface area contributed by atoms with E-state index >= 15 is 0 Å². The first kappa shape index (κ1) is 21.2. The number of fused-ring (bicyclic) bond motifs is 1. The van der Waals surface area contributed by atoms with Crippen molar-refractivity contribution in [3.05, 3.63) is 88.4 Å². The number of carbonyl (C=O) groups is 1. The van der Waals surface area contributed by atoms with Crippen molar-refractivity contribution in [3.8, 4) is 5.75 Å². The van der Waals surface area contributed by atoms with Crippen molar-refractivity contribution in [1.29, 1.82) is 0 Å². The topological polar surface area (TPSA) is 54.8 Å². The lowest BCUT2D eigenvalue weighted by Crippen LogP contribution is -2.27. The molecule has 0 aliphatic rings. The van der Waals surface area contributed by atoms with Crippen LogP contribution in [0.4, 0.5) is 5.13 Å². The summed E-state index contributed by atoms with van der Waals surface area (Å²) >= 11 is 4.92. The van der Waals surface area contributed by atoms with Gasteiger partial charge in [-0.2, -0.15) is 10.1 Å². The number of anilines is 1. The van der Waals surface area contributed by atoms with Gasteiger partial charge in [0.05, 0.1) is 29.5 Å². The number of hydrogen-bond donors (Lipinski definition) is 0. The van der Waals surface area contributed by atoms with Gasteiger partial charge in [-0.25, -0.2) is 4.98 Å². The molecule has 156 valence electrons. The van der Waals surface area contributed by atoms with E-state index in [0.29, 0.717) is 11.7 Å². The standard InChI is InChI=1S/C24H20BrN3O2S/c1-2-30-20-11-8-18(9-12-20)16-26-28(23(29)14-17-6-4-3-5-7-17)24-27-21-13-10-19(25)15-22(21)31-24/h3-13,15-16H,2,14H2,1H3/b26-16+. The van der Waals surface area contributed by atoms with Gasteiger partial charge in [-0.15, -0.1) is 0 Å². The molecule has 0 spiro atoms. The molecule has 1 heterocycles. The van der Waals surface area contributed by atoms with E-state index in [1.165, 1.54) is 16.3 Å². The number of halogens is 1.